The Bertz CT molecular complexity index is 276. The Labute approximate surface area is 83.2 Å². The quantitative estimate of drug-likeness (QED) is 0.550. The van der Waals surface area contributed by atoms with Gasteiger partial charge in [0.25, 0.3) is 0 Å². The van der Waals surface area contributed by atoms with Gasteiger partial charge in [-0.2, -0.15) is 30.5 Å². The van der Waals surface area contributed by atoms with Crippen LogP contribution in [0.5, 0.6) is 0 Å². The molecule has 0 amide bonds. The van der Waals surface area contributed by atoms with Gasteiger partial charge < -0.3 is 0 Å². The summed E-state index contributed by atoms with van der Waals surface area (Å²) >= 11 is 8.25. The van der Waals surface area contributed by atoms with Crippen LogP contribution in [0.25, 0.3) is 0 Å². The second-order valence-electron chi connectivity index (χ2n) is 2.43. The van der Waals surface area contributed by atoms with Crippen molar-refractivity contribution in [3.63, 3.8) is 0 Å². The molecule has 0 saturated carbocycles. The summed E-state index contributed by atoms with van der Waals surface area (Å²) in [4.78, 5) is 0. The van der Waals surface area contributed by atoms with Crippen LogP contribution in [0, 0.1) is 11.3 Å². The molecule has 0 aliphatic rings. The average Bonchev–Trinajstić information content (AvgIpc) is 2.07. The minimum atomic E-state index is -0.238. The zero-order chi connectivity index (χ0) is 8.97. The molecule has 0 aliphatic heterocycles. The van der Waals surface area contributed by atoms with E-state index in [1.54, 1.807) is 0 Å². The molecular weight excluding hydrogens is 186 g/mol. The topological polar surface area (TPSA) is 23.8 Å². The molecule has 0 saturated heterocycles. The smallest absolute Gasteiger partial charge is 0.0917 e. The van der Waals surface area contributed by atoms with Crippen molar-refractivity contribution in [3.8, 4) is 6.07 Å². The molecule has 0 N–H and O–H groups in total. The van der Waals surface area contributed by atoms with Crippen LogP contribution < -0.4 is 0 Å². The largest absolute Gasteiger partial charge is 0.198 e. The zero-order valence-corrected chi connectivity index (χ0v) is 8.17. The highest BCUT2D eigenvalue weighted by Gasteiger charge is 2.15. The minimum Gasteiger partial charge on any atom is -0.198 e. The van der Waals surface area contributed by atoms with Gasteiger partial charge in [-0.15, -0.1) is 0 Å². The maximum absolute atomic E-state index is 8.80. The van der Waals surface area contributed by atoms with Gasteiger partial charge in [0.1, 0.15) is 0 Å². The van der Waals surface area contributed by atoms with E-state index in [1.165, 1.54) is 0 Å². The van der Waals surface area contributed by atoms with Crippen LogP contribution in [-0.2, 0) is 0 Å². The lowest BCUT2D eigenvalue weighted by Crippen LogP contribution is -2.04. The summed E-state index contributed by atoms with van der Waals surface area (Å²) < 4.78 is -0.225. The lowest BCUT2D eigenvalue weighted by molar-refractivity contribution is 0.966. The first-order chi connectivity index (χ1) is 5.75. The average molecular weight is 195 g/mol. The fourth-order valence-electron chi connectivity index (χ4n) is 0.974. The fraction of sp³-hybridized carbons (Fsp3) is 0.222. The number of nitrogens with zero attached hydrogens (tertiary/aromatic N) is 1. The molecule has 1 nitrogen and oxygen atoms in total. The van der Waals surface area contributed by atoms with Gasteiger partial charge in [0.15, 0.2) is 0 Å². The lowest BCUT2D eigenvalue weighted by atomic mass is 10.0. The van der Waals surface area contributed by atoms with Crippen LogP contribution in [0.3, 0.4) is 0 Å². The number of hydrogen-bond acceptors (Lipinski definition) is 3. The van der Waals surface area contributed by atoms with Gasteiger partial charge in [0.2, 0.25) is 0 Å². The lowest BCUT2D eigenvalue weighted by Gasteiger charge is -2.10. The van der Waals surface area contributed by atoms with Crippen molar-refractivity contribution in [1.29, 1.82) is 5.26 Å². The molecular formula is C9H9NS2. The molecule has 0 spiro atoms. The minimum absolute atomic E-state index is 0.225. The number of rotatable bonds is 2. The predicted octanol–water partition coefficient (Wildman–Crippen LogP) is 2.48. The van der Waals surface area contributed by atoms with Crippen molar-refractivity contribution in [2.45, 2.75) is 10.5 Å². The fourth-order valence-corrected chi connectivity index (χ4v) is 1.45. The Morgan fingerprint density at radius 3 is 2.17 bits per heavy atom. The molecule has 1 aromatic carbocycles. The van der Waals surface area contributed by atoms with E-state index in [4.69, 9.17) is 5.26 Å². The molecule has 1 aromatic rings. The van der Waals surface area contributed by atoms with Crippen molar-refractivity contribution < 1.29 is 0 Å². The van der Waals surface area contributed by atoms with Crippen molar-refractivity contribution in [2.24, 2.45) is 0 Å². The van der Waals surface area contributed by atoms with E-state index in [0.29, 0.717) is 0 Å². The number of benzene rings is 1. The highest BCUT2D eigenvalue weighted by atomic mass is 32.2. The van der Waals surface area contributed by atoms with Crippen molar-refractivity contribution in [3.05, 3.63) is 35.9 Å². The van der Waals surface area contributed by atoms with Crippen LogP contribution in [0.4, 0.5) is 0 Å². The Morgan fingerprint density at radius 2 is 1.75 bits per heavy atom. The molecule has 0 radical (unpaired) electrons. The van der Waals surface area contributed by atoms with Gasteiger partial charge in [0.05, 0.1) is 16.6 Å². The third-order valence-corrected chi connectivity index (χ3v) is 2.19. The number of thiol groups is 2. The molecule has 0 aliphatic carbocycles. The summed E-state index contributed by atoms with van der Waals surface area (Å²) in [5.74, 6) is -0.238. The SMILES string of the molecule is N#CC(c1ccccc1)C(S)S. The van der Waals surface area contributed by atoms with E-state index < -0.39 is 0 Å². The van der Waals surface area contributed by atoms with Gasteiger partial charge in [0, 0.05) is 0 Å². The predicted molar refractivity (Wildman–Crippen MR) is 56.6 cm³/mol. The molecule has 0 heterocycles. The standard InChI is InChI=1S/C9H9NS2/c10-6-8(9(11)12)7-4-2-1-3-5-7/h1-5,8-9,11-12H. The molecule has 0 bridgehead atoms. The Morgan fingerprint density at radius 1 is 1.17 bits per heavy atom. The summed E-state index contributed by atoms with van der Waals surface area (Å²) in [5, 5.41) is 8.80. The summed E-state index contributed by atoms with van der Waals surface area (Å²) in [6.45, 7) is 0. The molecule has 62 valence electrons. The molecule has 1 rings (SSSR count). The Balaban J connectivity index is 2.90. The van der Waals surface area contributed by atoms with Crippen LogP contribution in [0.1, 0.15) is 11.5 Å². The van der Waals surface area contributed by atoms with Gasteiger partial charge in [-0.3, -0.25) is 0 Å². The molecule has 0 aromatic heterocycles. The third kappa shape index (κ3) is 2.20. The zero-order valence-electron chi connectivity index (χ0n) is 6.38. The monoisotopic (exact) mass is 195 g/mol. The van der Waals surface area contributed by atoms with Gasteiger partial charge >= 0.3 is 0 Å². The first kappa shape index (κ1) is 9.50. The van der Waals surface area contributed by atoms with E-state index in [-0.39, 0.29) is 10.5 Å². The van der Waals surface area contributed by atoms with E-state index in [0.717, 1.165) is 5.56 Å². The number of nitriles is 1. The first-order valence-electron chi connectivity index (χ1n) is 3.56. The molecule has 1 atom stereocenters. The van der Waals surface area contributed by atoms with Gasteiger partial charge in [-0.05, 0) is 5.56 Å². The van der Waals surface area contributed by atoms with Crippen LogP contribution in [0.2, 0.25) is 0 Å². The Kier molecular flexibility index (Phi) is 3.51. The van der Waals surface area contributed by atoms with Crippen LogP contribution >= 0.6 is 25.3 Å². The van der Waals surface area contributed by atoms with Crippen LogP contribution in [-0.4, -0.2) is 4.58 Å². The van der Waals surface area contributed by atoms with Gasteiger partial charge in [-0.25, -0.2) is 0 Å². The first-order valence-corrected chi connectivity index (χ1v) is 4.59. The van der Waals surface area contributed by atoms with E-state index in [1.807, 2.05) is 30.3 Å². The summed E-state index contributed by atoms with van der Waals surface area (Å²) in [6.07, 6.45) is 0. The molecule has 12 heavy (non-hydrogen) atoms. The Hall–Kier alpha value is -0.590. The second-order valence-corrected chi connectivity index (χ2v) is 3.95. The maximum atomic E-state index is 8.80. The van der Waals surface area contributed by atoms with Gasteiger partial charge in [-0.1, -0.05) is 30.3 Å². The summed E-state index contributed by atoms with van der Waals surface area (Å²) in [6, 6.07) is 11.7. The van der Waals surface area contributed by atoms with E-state index >= 15 is 0 Å². The van der Waals surface area contributed by atoms with E-state index in [2.05, 4.69) is 31.3 Å². The molecule has 0 fully saturated rings. The summed E-state index contributed by atoms with van der Waals surface area (Å²) in [5.41, 5.74) is 0.968. The molecule has 1 unspecified atom stereocenters. The van der Waals surface area contributed by atoms with Crippen LogP contribution in [0.15, 0.2) is 30.3 Å². The van der Waals surface area contributed by atoms with E-state index in [9.17, 15) is 0 Å². The summed E-state index contributed by atoms with van der Waals surface area (Å²) in [7, 11) is 0. The number of hydrogen-bond donors (Lipinski definition) is 2. The van der Waals surface area contributed by atoms with Crippen molar-refractivity contribution in [2.75, 3.05) is 0 Å². The van der Waals surface area contributed by atoms with Crippen molar-refractivity contribution in [1.82, 2.24) is 0 Å². The van der Waals surface area contributed by atoms with Crippen molar-refractivity contribution >= 4 is 25.3 Å². The highest BCUT2D eigenvalue weighted by Crippen LogP contribution is 2.24. The maximum Gasteiger partial charge on any atom is 0.0917 e. The second kappa shape index (κ2) is 4.44. The third-order valence-electron chi connectivity index (χ3n) is 1.60. The highest BCUT2D eigenvalue weighted by molar-refractivity contribution is 7.99. The normalized spacial score (nSPS) is 12.5. The molecule has 3 heteroatoms.